The fourth-order valence-electron chi connectivity index (χ4n) is 2.92. The molecule has 1 fully saturated rings. The van der Waals surface area contributed by atoms with E-state index in [9.17, 15) is 14.9 Å². The highest BCUT2D eigenvalue weighted by Gasteiger charge is 2.18. The molecule has 0 unspecified atom stereocenters. The summed E-state index contributed by atoms with van der Waals surface area (Å²) in [5.74, 6) is 2.22. The number of hydrogen-bond donors (Lipinski definition) is 1. The van der Waals surface area contributed by atoms with Crippen LogP contribution in [0, 0.1) is 10.1 Å². The first-order chi connectivity index (χ1) is 13.5. The molecule has 8 heteroatoms. The molecule has 0 saturated carbocycles. The van der Waals surface area contributed by atoms with Gasteiger partial charge in [-0.3, -0.25) is 19.8 Å². The Hall–Kier alpha value is -2.03. The van der Waals surface area contributed by atoms with Crippen LogP contribution >= 0.6 is 23.5 Å². The number of thioether (sulfide) groups is 2. The summed E-state index contributed by atoms with van der Waals surface area (Å²) in [6.07, 6.45) is 0. The first-order valence-corrected chi connectivity index (χ1v) is 11.2. The molecular weight excluding hydrogens is 394 g/mol. The van der Waals surface area contributed by atoms with Crippen molar-refractivity contribution in [3.05, 3.63) is 64.2 Å². The number of benzene rings is 2. The van der Waals surface area contributed by atoms with Crippen molar-refractivity contribution in [1.82, 2.24) is 4.90 Å². The molecular formula is C20H23N3O3S2. The summed E-state index contributed by atoms with van der Waals surface area (Å²) in [5, 5.41) is 13.5. The molecule has 2 aromatic carbocycles. The summed E-state index contributed by atoms with van der Waals surface area (Å²) in [4.78, 5) is 26.2. The first-order valence-electron chi connectivity index (χ1n) is 9.13. The Morgan fingerprint density at radius 3 is 2.57 bits per heavy atom. The van der Waals surface area contributed by atoms with E-state index in [0.717, 1.165) is 47.3 Å². The minimum Gasteiger partial charge on any atom is -0.325 e. The van der Waals surface area contributed by atoms with Crippen molar-refractivity contribution in [2.45, 2.75) is 23.6 Å². The van der Waals surface area contributed by atoms with Gasteiger partial charge in [0.2, 0.25) is 5.91 Å². The van der Waals surface area contributed by atoms with Crippen molar-refractivity contribution in [2.24, 2.45) is 0 Å². The van der Waals surface area contributed by atoms with Crippen LogP contribution in [-0.4, -0.2) is 45.6 Å². The van der Waals surface area contributed by atoms with Gasteiger partial charge in [0.1, 0.15) is 0 Å². The third kappa shape index (κ3) is 5.73. The van der Waals surface area contributed by atoms with E-state index in [2.05, 4.69) is 16.3 Å². The number of non-ortho nitro benzene ring substituents is 1. The molecule has 2 aromatic rings. The number of anilines is 1. The molecule has 1 saturated heterocycles. The SMILES string of the molecule is C[C@H](Sc1ccc([N+](=O)[O-])cc1)C(=O)Nc1ccccc1CN1CCSCC1. The van der Waals surface area contributed by atoms with E-state index in [4.69, 9.17) is 0 Å². The molecule has 1 aliphatic heterocycles. The number of nitro groups is 1. The molecule has 6 nitrogen and oxygen atoms in total. The maximum absolute atomic E-state index is 12.7. The summed E-state index contributed by atoms with van der Waals surface area (Å²) in [7, 11) is 0. The molecule has 1 aliphatic rings. The third-order valence-electron chi connectivity index (χ3n) is 4.50. The largest absolute Gasteiger partial charge is 0.325 e. The zero-order chi connectivity index (χ0) is 19.9. The second-order valence-corrected chi connectivity index (χ2v) is 9.18. The number of nitrogens with one attached hydrogen (secondary N) is 1. The van der Waals surface area contributed by atoms with Gasteiger partial charge in [-0.05, 0) is 30.7 Å². The fraction of sp³-hybridized carbons (Fsp3) is 0.350. The normalized spacial score (nSPS) is 15.8. The lowest BCUT2D eigenvalue weighted by Gasteiger charge is -2.27. The van der Waals surface area contributed by atoms with E-state index < -0.39 is 4.92 Å². The molecule has 1 amide bonds. The van der Waals surface area contributed by atoms with Crippen LogP contribution in [0.25, 0.3) is 0 Å². The van der Waals surface area contributed by atoms with Crippen molar-refractivity contribution in [3.8, 4) is 0 Å². The minimum atomic E-state index is -0.428. The summed E-state index contributed by atoms with van der Waals surface area (Å²) in [6.45, 7) is 4.81. The Balaban J connectivity index is 1.61. The van der Waals surface area contributed by atoms with Crippen LogP contribution in [0.3, 0.4) is 0 Å². The molecule has 1 N–H and O–H groups in total. The monoisotopic (exact) mass is 417 g/mol. The number of nitrogens with zero attached hydrogens (tertiary/aromatic N) is 2. The number of nitro benzene ring substituents is 1. The number of rotatable bonds is 7. The summed E-state index contributed by atoms with van der Waals surface area (Å²) in [6, 6.07) is 14.2. The average Bonchev–Trinajstić information content (AvgIpc) is 2.70. The van der Waals surface area contributed by atoms with Crippen molar-refractivity contribution in [2.75, 3.05) is 29.9 Å². The van der Waals surface area contributed by atoms with Crippen LogP contribution in [0.4, 0.5) is 11.4 Å². The maximum Gasteiger partial charge on any atom is 0.269 e. The molecule has 28 heavy (non-hydrogen) atoms. The van der Waals surface area contributed by atoms with Gasteiger partial charge in [0.05, 0.1) is 10.2 Å². The van der Waals surface area contributed by atoms with Crippen molar-refractivity contribution in [3.63, 3.8) is 0 Å². The topological polar surface area (TPSA) is 75.5 Å². The van der Waals surface area contributed by atoms with Crippen LogP contribution < -0.4 is 5.32 Å². The van der Waals surface area contributed by atoms with E-state index in [-0.39, 0.29) is 16.8 Å². The average molecular weight is 418 g/mol. The van der Waals surface area contributed by atoms with E-state index in [0.29, 0.717) is 0 Å². The van der Waals surface area contributed by atoms with Gasteiger partial charge in [-0.1, -0.05) is 18.2 Å². The Labute approximate surface area is 173 Å². The Morgan fingerprint density at radius 2 is 1.89 bits per heavy atom. The van der Waals surface area contributed by atoms with E-state index in [1.54, 1.807) is 12.1 Å². The summed E-state index contributed by atoms with van der Waals surface area (Å²) >= 11 is 3.36. The molecule has 0 aliphatic carbocycles. The standard InChI is InChI=1S/C20H23N3O3S2/c1-15(28-18-8-6-17(7-9-18)23(25)26)20(24)21-19-5-3-2-4-16(19)14-22-10-12-27-13-11-22/h2-9,15H,10-14H2,1H3,(H,21,24)/t15-/m0/s1. The van der Waals surface area contributed by atoms with Crippen molar-refractivity contribution < 1.29 is 9.72 Å². The number of hydrogen-bond acceptors (Lipinski definition) is 6. The zero-order valence-electron chi connectivity index (χ0n) is 15.7. The molecule has 148 valence electrons. The lowest BCUT2D eigenvalue weighted by molar-refractivity contribution is -0.384. The summed E-state index contributed by atoms with van der Waals surface area (Å²) < 4.78 is 0. The Morgan fingerprint density at radius 1 is 1.21 bits per heavy atom. The molecule has 3 rings (SSSR count). The number of carbonyl (C=O) groups excluding carboxylic acids is 1. The summed E-state index contributed by atoms with van der Waals surface area (Å²) in [5.41, 5.74) is 2.02. The van der Waals surface area contributed by atoms with E-state index >= 15 is 0 Å². The maximum atomic E-state index is 12.7. The smallest absolute Gasteiger partial charge is 0.269 e. The van der Waals surface area contributed by atoms with Crippen molar-refractivity contribution in [1.29, 1.82) is 0 Å². The van der Waals surface area contributed by atoms with Crippen LogP contribution in [-0.2, 0) is 11.3 Å². The Bertz CT molecular complexity index is 824. The number of amides is 1. The van der Waals surface area contributed by atoms with E-state index in [1.165, 1.54) is 23.9 Å². The van der Waals surface area contributed by atoms with E-state index in [1.807, 2.05) is 36.9 Å². The quantitative estimate of drug-likeness (QED) is 0.412. The van der Waals surface area contributed by atoms with Crippen LogP contribution in [0.1, 0.15) is 12.5 Å². The third-order valence-corrected chi connectivity index (χ3v) is 6.56. The van der Waals surface area contributed by atoms with Crippen molar-refractivity contribution >= 4 is 40.8 Å². The highest BCUT2D eigenvalue weighted by Crippen LogP contribution is 2.27. The fourth-order valence-corrected chi connectivity index (χ4v) is 4.76. The van der Waals surface area contributed by atoms with Gasteiger partial charge in [0, 0.05) is 53.9 Å². The molecule has 0 aromatic heterocycles. The molecule has 0 spiro atoms. The van der Waals surface area contributed by atoms with Gasteiger partial charge in [0.15, 0.2) is 0 Å². The van der Waals surface area contributed by atoms with Gasteiger partial charge in [-0.25, -0.2) is 0 Å². The van der Waals surface area contributed by atoms with Gasteiger partial charge in [0.25, 0.3) is 5.69 Å². The van der Waals surface area contributed by atoms with Gasteiger partial charge in [-0.15, -0.1) is 11.8 Å². The highest BCUT2D eigenvalue weighted by molar-refractivity contribution is 8.00. The lowest BCUT2D eigenvalue weighted by Crippen LogP contribution is -2.32. The van der Waals surface area contributed by atoms with Crippen LogP contribution in [0.2, 0.25) is 0 Å². The minimum absolute atomic E-state index is 0.0477. The highest BCUT2D eigenvalue weighted by atomic mass is 32.2. The lowest BCUT2D eigenvalue weighted by atomic mass is 10.1. The predicted molar refractivity (Wildman–Crippen MR) is 116 cm³/mol. The first kappa shape index (κ1) is 20.7. The van der Waals surface area contributed by atoms with Gasteiger partial charge >= 0.3 is 0 Å². The Kier molecular flexibility index (Phi) is 7.36. The zero-order valence-corrected chi connectivity index (χ0v) is 17.3. The number of para-hydroxylation sites is 1. The molecule has 1 atom stereocenters. The van der Waals surface area contributed by atoms with Crippen LogP contribution in [0.15, 0.2) is 53.4 Å². The second-order valence-electron chi connectivity index (χ2n) is 6.55. The van der Waals surface area contributed by atoms with Gasteiger partial charge in [-0.2, -0.15) is 11.8 Å². The molecule has 0 bridgehead atoms. The molecule has 0 radical (unpaired) electrons. The second kappa shape index (κ2) is 9.95. The van der Waals surface area contributed by atoms with Crippen LogP contribution in [0.5, 0.6) is 0 Å². The number of carbonyl (C=O) groups is 1. The molecule has 1 heterocycles. The van der Waals surface area contributed by atoms with Gasteiger partial charge < -0.3 is 5.32 Å². The predicted octanol–water partition coefficient (Wildman–Crippen LogP) is 4.26.